The third kappa shape index (κ3) is 1.85. The third-order valence-corrected chi connectivity index (χ3v) is 8.89. The van der Waals surface area contributed by atoms with Gasteiger partial charge in [0.05, 0.1) is 0 Å². The van der Waals surface area contributed by atoms with Crippen molar-refractivity contribution in [3.05, 3.63) is 0 Å². The molecule has 0 amide bonds. The lowest BCUT2D eigenvalue weighted by molar-refractivity contribution is -0.141. The molecule has 2 unspecified atom stereocenters. The number of fused-ring (bicyclic) bond motifs is 5. The van der Waals surface area contributed by atoms with Crippen LogP contribution < -0.4 is 0 Å². The fourth-order valence-corrected chi connectivity index (χ4v) is 7.40. The summed E-state index contributed by atoms with van der Waals surface area (Å²) in [5.41, 5.74) is 0.967. The van der Waals surface area contributed by atoms with E-state index >= 15 is 0 Å². The van der Waals surface area contributed by atoms with Crippen molar-refractivity contribution in [2.75, 3.05) is 0 Å². The summed E-state index contributed by atoms with van der Waals surface area (Å²) in [6.45, 7) is 7.58. The SMILES string of the molecule is CC1CC[C@H]2[C@@H]3CCC4CCC(=O)C[C@]4(C)[C@@H]3CC[C@]12C. The van der Waals surface area contributed by atoms with E-state index in [0.29, 0.717) is 16.6 Å². The summed E-state index contributed by atoms with van der Waals surface area (Å²) < 4.78 is 0. The largest absolute Gasteiger partial charge is 0.300 e. The molecule has 0 aromatic heterocycles. The maximum Gasteiger partial charge on any atom is 0.133 e. The van der Waals surface area contributed by atoms with Gasteiger partial charge in [-0.25, -0.2) is 0 Å². The molecule has 4 saturated carbocycles. The van der Waals surface area contributed by atoms with E-state index in [2.05, 4.69) is 20.8 Å². The molecule has 0 N–H and O–H groups in total. The molecular formula is C20H32O. The first kappa shape index (κ1) is 14.3. The number of Topliss-reactive ketones (excluding diaryl/α,β-unsaturated/α-hetero) is 1. The van der Waals surface area contributed by atoms with E-state index in [4.69, 9.17) is 0 Å². The molecule has 0 aromatic carbocycles. The van der Waals surface area contributed by atoms with Gasteiger partial charge in [0.15, 0.2) is 0 Å². The predicted octanol–water partition coefficient (Wildman–Crippen LogP) is 5.23. The fraction of sp³-hybridized carbons (Fsp3) is 0.950. The van der Waals surface area contributed by atoms with Crippen LogP contribution in [0.25, 0.3) is 0 Å². The van der Waals surface area contributed by atoms with Crippen molar-refractivity contribution in [1.82, 2.24) is 0 Å². The fourth-order valence-electron chi connectivity index (χ4n) is 7.40. The van der Waals surface area contributed by atoms with E-state index in [0.717, 1.165) is 42.4 Å². The van der Waals surface area contributed by atoms with Crippen LogP contribution in [-0.4, -0.2) is 5.78 Å². The van der Waals surface area contributed by atoms with Crippen LogP contribution in [0.5, 0.6) is 0 Å². The molecule has 118 valence electrons. The highest BCUT2D eigenvalue weighted by Crippen LogP contribution is 2.67. The molecule has 7 atom stereocenters. The van der Waals surface area contributed by atoms with E-state index in [-0.39, 0.29) is 0 Å². The molecule has 0 heterocycles. The molecule has 0 aromatic rings. The van der Waals surface area contributed by atoms with Crippen LogP contribution in [0.2, 0.25) is 0 Å². The van der Waals surface area contributed by atoms with Gasteiger partial charge in [0.25, 0.3) is 0 Å². The molecule has 1 heteroatoms. The molecule has 1 nitrogen and oxygen atoms in total. The van der Waals surface area contributed by atoms with Crippen LogP contribution in [-0.2, 0) is 4.79 Å². The lowest BCUT2D eigenvalue weighted by Crippen LogP contribution is -2.53. The first-order chi connectivity index (χ1) is 9.95. The van der Waals surface area contributed by atoms with Gasteiger partial charge < -0.3 is 0 Å². The normalized spacial score (nSPS) is 56.5. The molecule has 4 aliphatic carbocycles. The van der Waals surface area contributed by atoms with Gasteiger partial charge in [-0.1, -0.05) is 20.8 Å². The third-order valence-electron chi connectivity index (χ3n) is 8.89. The highest BCUT2D eigenvalue weighted by Gasteiger charge is 2.59. The predicted molar refractivity (Wildman–Crippen MR) is 85.9 cm³/mol. The van der Waals surface area contributed by atoms with Gasteiger partial charge >= 0.3 is 0 Å². The average molecular weight is 288 g/mol. The summed E-state index contributed by atoms with van der Waals surface area (Å²) in [5, 5.41) is 0. The number of carbonyl (C=O) groups excluding carboxylic acids is 1. The molecular weight excluding hydrogens is 256 g/mol. The molecule has 0 saturated heterocycles. The minimum atomic E-state index is 0.353. The van der Waals surface area contributed by atoms with E-state index in [9.17, 15) is 4.79 Å². The molecule has 0 bridgehead atoms. The van der Waals surface area contributed by atoms with Crippen molar-refractivity contribution >= 4 is 5.78 Å². The summed E-state index contributed by atoms with van der Waals surface area (Å²) in [7, 11) is 0. The Morgan fingerprint density at radius 2 is 1.67 bits per heavy atom. The number of rotatable bonds is 0. The highest BCUT2D eigenvalue weighted by atomic mass is 16.1. The quantitative estimate of drug-likeness (QED) is 0.596. The molecule has 4 aliphatic rings. The van der Waals surface area contributed by atoms with E-state index in [1.807, 2.05) is 0 Å². The summed E-state index contributed by atoms with van der Waals surface area (Å²) in [6.07, 6.45) is 11.6. The van der Waals surface area contributed by atoms with E-state index in [1.54, 1.807) is 0 Å². The van der Waals surface area contributed by atoms with E-state index < -0.39 is 0 Å². The van der Waals surface area contributed by atoms with Crippen molar-refractivity contribution < 1.29 is 4.79 Å². The van der Waals surface area contributed by atoms with Crippen LogP contribution in [0.3, 0.4) is 0 Å². The van der Waals surface area contributed by atoms with Gasteiger partial charge in [-0.05, 0) is 85.4 Å². The molecule has 0 aliphatic heterocycles. The number of hydrogen-bond donors (Lipinski definition) is 0. The monoisotopic (exact) mass is 288 g/mol. The molecule has 4 rings (SSSR count). The van der Waals surface area contributed by atoms with Crippen LogP contribution in [0.15, 0.2) is 0 Å². The zero-order valence-electron chi connectivity index (χ0n) is 14.2. The second-order valence-corrected chi connectivity index (χ2v) is 9.43. The van der Waals surface area contributed by atoms with Crippen molar-refractivity contribution in [2.45, 2.75) is 78.6 Å². The van der Waals surface area contributed by atoms with Crippen molar-refractivity contribution in [3.8, 4) is 0 Å². The van der Waals surface area contributed by atoms with E-state index in [1.165, 1.54) is 44.9 Å². The Hall–Kier alpha value is -0.330. The lowest BCUT2D eigenvalue weighted by atomic mass is 9.45. The Morgan fingerprint density at radius 1 is 0.905 bits per heavy atom. The zero-order chi connectivity index (χ0) is 14.8. The lowest BCUT2D eigenvalue weighted by Gasteiger charge is -2.60. The topological polar surface area (TPSA) is 17.1 Å². The maximum atomic E-state index is 12.1. The molecule has 21 heavy (non-hydrogen) atoms. The average Bonchev–Trinajstić information content (AvgIpc) is 2.74. The minimum Gasteiger partial charge on any atom is -0.300 e. The summed E-state index contributed by atoms with van der Waals surface area (Å²) >= 11 is 0. The Morgan fingerprint density at radius 3 is 2.48 bits per heavy atom. The van der Waals surface area contributed by atoms with Gasteiger partial charge in [-0.3, -0.25) is 4.79 Å². The smallest absolute Gasteiger partial charge is 0.133 e. The first-order valence-corrected chi connectivity index (χ1v) is 9.47. The summed E-state index contributed by atoms with van der Waals surface area (Å²) in [4.78, 5) is 12.1. The Balaban J connectivity index is 1.66. The Kier molecular flexibility index (Phi) is 3.12. The Labute approximate surface area is 130 Å². The summed E-state index contributed by atoms with van der Waals surface area (Å²) in [5.74, 6) is 5.06. The number of carbonyl (C=O) groups is 1. The Bertz CT molecular complexity index is 455. The van der Waals surface area contributed by atoms with Crippen molar-refractivity contribution in [2.24, 2.45) is 40.4 Å². The summed E-state index contributed by atoms with van der Waals surface area (Å²) in [6, 6.07) is 0. The standard InChI is InChI=1S/C20H32O/c1-13-4-9-17-16-8-6-14-5-7-15(21)12-20(14,3)18(16)10-11-19(13,17)2/h13-14,16-18H,4-12H2,1-3H3/t13?,14?,16-,17-,18+,19+,20-/m0/s1. The molecule has 0 radical (unpaired) electrons. The van der Waals surface area contributed by atoms with Crippen LogP contribution in [0, 0.1) is 40.4 Å². The van der Waals surface area contributed by atoms with Gasteiger partial charge in [0, 0.05) is 12.8 Å². The maximum absolute atomic E-state index is 12.1. The van der Waals surface area contributed by atoms with Gasteiger partial charge in [-0.2, -0.15) is 0 Å². The molecule has 0 spiro atoms. The molecule has 4 fully saturated rings. The van der Waals surface area contributed by atoms with Gasteiger partial charge in [-0.15, -0.1) is 0 Å². The van der Waals surface area contributed by atoms with Crippen LogP contribution in [0.1, 0.15) is 78.6 Å². The highest BCUT2D eigenvalue weighted by molar-refractivity contribution is 5.80. The second-order valence-electron chi connectivity index (χ2n) is 9.43. The van der Waals surface area contributed by atoms with Gasteiger partial charge in [0.1, 0.15) is 5.78 Å². The van der Waals surface area contributed by atoms with Gasteiger partial charge in [0.2, 0.25) is 0 Å². The second kappa shape index (κ2) is 4.59. The van der Waals surface area contributed by atoms with Crippen LogP contribution in [0.4, 0.5) is 0 Å². The van der Waals surface area contributed by atoms with Crippen LogP contribution >= 0.6 is 0 Å². The number of hydrogen-bond acceptors (Lipinski definition) is 1. The number of ketones is 1. The minimum absolute atomic E-state index is 0.353. The first-order valence-electron chi connectivity index (χ1n) is 9.47. The van der Waals surface area contributed by atoms with Crippen molar-refractivity contribution in [1.29, 1.82) is 0 Å². The zero-order valence-corrected chi connectivity index (χ0v) is 14.2. The van der Waals surface area contributed by atoms with Crippen molar-refractivity contribution in [3.63, 3.8) is 0 Å².